The van der Waals surface area contributed by atoms with Gasteiger partial charge in [-0.2, -0.15) is 0 Å². The largest absolute Gasteiger partial charge is 0.370 e. The molecule has 6 heteroatoms. The van der Waals surface area contributed by atoms with Crippen molar-refractivity contribution in [3.05, 3.63) is 39.0 Å². The van der Waals surface area contributed by atoms with Crippen molar-refractivity contribution in [1.82, 2.24) is 9.97 Å². The summed E-state index contributed by atoms with van der Waals surface area (Å²) in [4.78, 5) is 9.03. The molecule has 0 aliphatic carbocycles. The summed E-state index contributed by atoms with van der Waals surface area (Å²) in [7, 11) is 0. The maximum atomic E-state index is 13.2. The fourth-order valence-electron chi connectivity index (χ4n) is 1.90. The standard InChI is InChI=1S/C15H18FIN4/c1-4-13-20-14(18-5-2)9(3)15(21-13)19-12-7-6-10(16)8-11(12)17/h6-8H,4-5H2,1-3H3,(H2,18,19,20,21). The number of hydrogen-bond acceptors (Lipinski definition) is 4. The van der Waals surface area contributed by atoms with E-state index in [1.807, 2.05) is 20.8 Å². The van der Waals surface area contributed by atoms with Crippen LogP contribution in [0.5, 0.6) is 0 Å². The molecule has 0 amide bonds. The van der Waals surface area contributed by atoms with E-state index < -0.39 is 0 Å². The summed E-state index contributed by atoms with van der Waals surface area (Å²) in [6.45, 7) is 6.82. The van der Waals surface area contributed by atoms with Gasteiger partial charge < -0.3 is 10.6 Å². The first kappa shape index (κ1) is 15.9. The Balaban J connectivity index is 2.40. The molecule has 0 saturated carbocycles. The fourth-order valence-corrected chi connectivity index (χ4v) is 2.51. The van der Waals surface area contributed by atoms with Crippen molar-refractivity contribution in [3.8, 4) is 0 Å². The number of halogens is 2. The van der Waals surface area contributed by atoms with Gasteiger partial charge in [-0.15, -0.1) is 0 Å². The molecule has 1 aromatic heterocycles. The molecule has 0 bridgehead atoms. The highest BCUT2D eigenvalue weighted by atomic mass is 127. The van der Waals surface area contributed by atoms with E-state index in [1.54, 1.807) is 6.07 Å². The van der Waals surface area contributed by atoms with Crippen molar-refractivity contribution in [2.75, 3.05) is 17.2 Å². The lowest BCUT2D eigenvalue weighted by Gasteiger charge is -2.15. The van der Waals surface area contributed by atoms with Crippen LogP contribution in [-0.4, -0.2) is 16.5 Å². The number of rotatable bonds is 5. The van der Waals surface area contributed by atoms with Gasteiger partial charge in [0, 0.05) is 22.1 Å². The normalized spacial score (nSPS) is 10.5. The minimum Gasteiger partial charge on any atom is -0.370 e. The molecule has 0 atom stereocenters. The van der Waals surface area contributed by atoms with E-state index in [4.69, 9.17) is 0 Å². The molecule has 2 aromatic rings. The first-order valence-electron chi connectivity index (χ1n) is 6.88. The Labute approximate surface area is 137 Å². The monoisotopic (exact) mass is 400 g/mol. The summed E-state index contributed by atoms with van der Waals surface area (Å²) >= 11 is 2.11. The Kier molecular flexibility index (Phi) is 5.33. The zero-order valence-corrected chi connectivity index (χ0v) is 14.5. The van der Waals surface area contributed by atoms with Gasteiger partial charge in [-0.05, 0) is 54.6 Å². The van der Waals surface area contributed by atoms with Crippen LogP contribution in [0.3, 0.4) is 0 Å². The number of hydrogen-bond donors (Lipinski definition) is 2. The Morgan fingerprint density at radius 1 is 1.19 bits per heavy atom. The van der Waals surface area contributed by atoms with Crippen LogP contribution in [0.4, 0.5) is 21.7 Å². The minimum absolute atomic E-state index is 0.244. The molecule has 112 valence electrons. The molecule has 1 aromatic carbocycles. The fraction of sp³-hybridized carbons (Fsp3) is 0.333. The van der Waals surface area contributed by atoms with Crippen LogP contribution in [0.2, 0.25) is 0 Å². The van der Waals surface area contributed by atoms with Crippen molar-refractivity contribution in [1.29, 1.82) is 0 Å². The molecule has 21 heavy (non-hydrogen) atoms. The molecule has 0 aliphatic rings. The summed E-state index contributed by atoms with van der Waals surface area (Å²) in [6.07, 6.45) is 0.758. The first-order valence-corrected chi connectivity index (χ1v) is 7.96. The summed E-state index contributed by atoms with van der Waals surface area (Å²) < 4.78 is 14.0. The second kappa shape index (κ2) is 7.02. The highest BCUT2D eigenvalue weighted by molar-refractivity contribution is 14.1. The third-order valence-electron chi connectivity index (χ3n) is 3.04. The van der Waals surface area contributed by atoms with E-state index in [2.05, 4.69) is 43.2 Å². The predicted octanol–water partition coefficient (Wildman–Crippen LogP) is 4.27. The number of benzene rings is 1. The van der Waals surface area contributed by atoms with Crippen LogP contribution in [-0.2, 0) is 6.42 Å². The van der Waals surface area contributed by atoms with Crippen molar-refractivity contribution < 1.29 is 4.39 Å². The van der Waals surface area contributed by atoms with Gasteiger partial charge in [0.1, 0.15) is 23.3 Å². The third-order valence-corrected chi connectivity index (χ3v) is 3.93. The second-order valence-corrected chi connectivity index (χ2v) is 5.76. The molecule has 0 saturated heterocycles. The van der Waals surface area contributed by atoms with Gasteiger partial charge in [0.25, 0.3) is 0 Å². The number of nitrogens with zero attached hydrogens (tertiary/aromatic N) is 2. The van der Waals surface area contributed by atoms with E-state index in [9.17, 15) is 4.39 Å². The Hall–Kier alpha value is -1.44. The molecule has 0 spiro atoms. The molecule has 2 N–H and O–H groups in total. The van der Waals surface area contributed by atoms with Crippen molar-refractivity contribution >= 4 is 39.9 Å². The smallest absolute Gasteiger partial charge is 0.139 e. The highest BCUT2D eigenvalue weighted by Gasteiger charge is 2.11. The van der Waals surface area contributed by atoms with Gasteiger partial charge in [0.05, 0.1) is 5.69 Å². The van der Waals surface area contributed by atoms with Gasteiger partial charge in [-0.3, -0.25) is 0 Å². The first-order chi connectivity index (χ1) is 10.0. The lowest BCUT2D eigenvalue weighted by molar-refractivity contribution is 0.627. The van der Waals surface area contributed by atoms with E-state index in [-0.39, 0.29) is 5.82 Å². The molecule has 1 heterocycles. The Morgan fingerprint density at radius 2 is 1.90 bits per heavy atom. The number of aromatic nitrogens is 2. The maximum absolute atomic E-state index is 13.2. The van der Waals surface area contributed by atoms with E-state index in [0.29, 0.717) is 0 Å². The van der Waals surface area contributed by atoms with Gasteiger partial charge in [0.2, 0.25) is 0 Å². The zero-order chi connectivity index (χ0) is 15.4. The average molecular weight is 400 g/mol. The Morgan fingerprint density at radius 3 is 2.52 bits per heavy atom. The number of nitrogens with one attached hydrogen (secondary N) is 2. The SMILES string of the molecule is CCNc1nc(CC)nc(Nc2ccc(F)cc2I)c1C. The van der Waals surface area contributed by atoms with Crippen LogP contribution in [0.1, 0.15) is 25.2 Å². The van der Waals surface area contributed by atoms with Crippen LogP contribution >= 0.6 is 22.6 Å². The van der Waals surface area contributed by atoms with Crippen molar-refractivity contribution in [2.24, 2.45) is 0 Å². The summed E-state index contributed by atoms with van der Waals surface area (Å²) in [5.41, 5.74) is 1.79. The topological polar surface area (TPSA) is 49.8 Å². The third kappa shape index (κ3) is 3.81. The van der Waals surface area contributed by atoms with Crippen LogP contribution < -0.4 is 10.6 Å². The van der Waals surface area contributed by atoms with Gasteiger partial charge in [0.15, 0.2) is 0 Å². The number of anilines is 3. The predicted molar refractivity (Wildman–Crippen MR) is 92.7 cm³/mol. The lowest BCUT2D eigenvalue weighted by atomic mass is 10.2. The zero-order valence-electron chi connectivity index (χ0n) is 12.3. The molecule has 2 rings (SSSR count). The van der Waals surface area contributed by atoms with E-state index in [0.717, 1.165) is 45.2 Å². The summed E-state index contributed by atoms with van der Waals surface area (Å²) in [5.74, 6) is 2.12. The van der Waals surface area contributed by atoms with Gasteiger partial charge in [-0.25, -0.2) is 14.4 Å². The summed E-state index contributed by atoms with van der Waals surface area (Å²) in [5, 5.41) is 6.52. The van der Waals surface area contributed by atoms with Crippen LogP contribution in [0.25, 0.3) is 0 Å². The lowest BCUT2D eigenvalue weighted by Crippen LogP contribution is -2.09. The maximum Gasteiger partial charge on any atom is 0.139 e. The molecular weight excluding hydrogens is 382 g/mol. The number of aryl methyl sites for hydroxylation is 1. The highest BCUT2D eigenvalue weighted by Crippen LogP contribution is 2.27. The molecule has 0 unspecified atom stereocenters. The van der Waals surface area contributed by atoms with Gasteiger partial charge in [-0.1, -0.05) is 6.92 Å². The quantitative estimate of drug-likeness (QED) is 0.737. The Bertz CT molecular complexity index is 646. The van der Waals surface area contributed by atoms with Crippen LogP contribution in [0, 0.1) is 16.3 Å². The minimum atomic E-state index is -0.244. The molecule has 4 nitrogen and oxygen atoms in total. The van der Waals surface area contributed by atoms with Crippen molar-refractivity contribution in [3.63, 3.8) is 0 Å². The molecular formula is C15H18FIN4. The average Bonchev–Trinajstić information content (AvgIpc) is 2.46. The summed E-state index contributed by atoms with van der Waals surface area (Å²) in [6, 6.07) is 4.65. The van der Waals surface area contributed by atoms with E-state index >= 15 is 0 Å². The van der Waals surface area contributed by atoms with Gasteiger partial charge >= 0.3 is 0 Å². The van der Waals surface area contributed by atoms with Crippen LogP contribution in [0.15, 0.2) is 18.2 Å². The van der Waals surface area contributed by atoms with E-state index in [1.165, 1.54) is 12.1 Å². The van der Waals surface area contributed by atoms with Crippen molar-refractivity contribution in [2.45, 2.75) is 27.2 Å². The molecule has 0 radical (unpaired) electrons. The molecule has 0 aliphatic heterocycles. The second-order valence-electron chi connectivity index (χ2n) is 4.60. The molecule has 0 fully saturated rings.